The number of fused-ring (bicyclic) bond motifs is 7. The van der Waals surface area contributed by atoms with Gasteiger partial charge in [-0.05, 0) is 141 Å². The molecule has 3 aromatic heterocycles. The molecule has 65 heavy (non-hydrogen) atoms. The molecule has 0 aliphatic rings. The second-order valence-electron chi connectivity index (χ2n) is 16.8. The van der Waals surface area contributed by atoms with E-state index >= 15 is 0 Å². The average molecular weight is 843 g/mol. The summed E-state index contributed by atoms with van der Waals surface area (Å²) in [5, 5.41) is 12.6. The maximum Gasteiger partial charge on any atom is 0.0361 e. The Labute approximate surface area is 380 Å². The molecule has 0 aliphatic heterocycles. The van der Waals surface area contributed by atoms with Crippen molar-refractivity contribution in [3.8, 4) is 66.8 Å². The molecule has 0 bridgehead atoms. The van der Waals surface area contributed by atoms with Crippen molar-refractivity contribution in [2.24, 2.45) is 0 Å². The van der Waals surface area contributed by atoms with Gasteiger partial charge in [-0.2, -0.15) is 0 Å². The Hall–Kier alpha value is -8.24. The van der Waals surface area contributed by atoms with Gasteiger partial charge in [-0.1, -0.05) is 164 Å². The summed E-state index contributed by atoms with van der Waals surface area (Å²) in [4.78, 5) is 9.00. The van der Waals surface area contributed by atoms with Gasteiger partial charge in [0.25, 0.3) is 0 Å². The van der Waals surface area contributed by atoms with E-state index in [2.05, 4.69) is 204 Å². The standard InChI is InChI=1S/C62H38N2S/c1-2-15-39(16-3-1)58-46-19-4-6-21-48(46)59(49-22-7-5-20-47(49)58)40-29-30-54-57(36-40)65-56-28-12-27-55(62(54)56)61-52-25-10-8-23-50(52)60(51-24-9-11-26-53(51)61)45-34-43(41-17-13-31-63-37-41)33-44(35-45)42-18-14-32-64-38-42/h1-38H. The van der Waals surface area contributed by atoms with Gasteiger partial charge in [0.1, 0.15) is 0 Å². The van der Waals surface area contributed by atoms with Crippen LogP contribution in [-0.2, 0) is 0 Å². The molecule has 10 aromatic carbocycles. The predicted octanol–water partition coefficient (Wildman–Crippen LogP) is 17.5. The lowest BCUT2D eigenvalue weighted by Crippen LogP contribution is -1.93. The highest BCUT2D eigenvalue weighted by molar-refractivity contribution is 7.26. The fourth-order valence-corrected chi connectivity index (χ4v) is 11.6. The Morgan fingerprint density at radius 1 is 0.262 bits per heavy atom. The molecule has 3 heterocycles. The summed E-state index contributed by atoms with van der Waals surface area (Å²) < 4.78 is 2.57. The first-order valence-corrected chi connectivity index (χ1v) is 22.9. The largest absolute Gasteiger partial charge is 0.264 e. The molecule has 302 valence electrons. The highest BCUT2D eigenvalue weighted by Gasteiger charge is 2.22. The first-order valence-electron chi connectivity index (χ1n) is 22.1. The van der Waals surface area contributed by atoms with Gasteiger partial charge in [0.2, 0.25) is 0 Å². The van der Waals surface area contributed by atoms with E-state index in [1.54, 1.807) is 0 Å². The number of hydrogen-bond donors (Lipinski definition) is 0. The molecule has 0 unspecified atom stereocenters. The Balaban J connectivity index is 1.04. The molecule has 0 N–H and O–H groups in total. The maximum atomic E-state index is 4.50. The normalized spacial score (nSPS) is 11.7. The third-order valence-electron chi connectivity index (χ3n) is 13.2. The van der Waals surface area contributed by atoms with Crippen molar-refractivity contribution in [2.45, 2.75) is 0 Å². The number of benzene rings is 10. The third kappa shape index (κ3) is 6.08. The number of thiophene rings is 1. The average Bonchev–Trinajstić information content (AvgIpc) is 3.76. The van der Waals surface area contributed by atoms with E-state index in [4.69, 9.17) is 0 Å². The zero-order valence-electron chi connectivity index (χ0n) is 35.2. The van der Waals surface area contributed by atoms with Gasteiger partial charge in [0.15, 0.2) is 0 Å². The topological polar surface area (TPSA) is 25.8 Å². The van der Waals surface area contributed by atoms with Gasteiger partial charge in [0.05, 0.1) is 0 Å². The second-order valence-corrected chi connectivity index (χ2v) is 17.9. The van der Waals surface area contributed by atoms with Gasteiger partial charge in [0, 0.05) is 56.1 Å². The van der Waals surface area contributed by atoms with E-state index in [-0.39, 0.29) is 0 Å². The first-order chi connectivity index (χ1) is 32.3. The van der Waals surface area contributed by atoms with Crippen LogP contribution < -0.4 is 0 Å². The lowest BCUT2D eigenvalue weighted by atomic mass is 9.83. The molecule has 0 radical (unpaired) electrons. The smallest absolute Gasteiger partial charge is 0.0361 e. The van der Waals surface area contributed by atoms with E-state index in [1.165, 1.54) is 102 Å². The summed E-state index contributed by atoms with van der Waals surface area (Å²) in [6.07, 6.45) is 7.57. The van der Waals surface area contributed by atoms with Crippen LogP contribution in [0, 0.1) is 0 Å². The molecule has 0 fully saturated rings. The molecule has 0 amide bonds. The van der Waals surface area contributed by atoms with Crippen molar-refractivity contribution in [3.05, 3.63) is 231 Å². The molecule has 13 aromatic rings. The fourth-order valence-electron chi connectivity index (χ4n) is 10.4. The Morgan fingerprint density at radius 3 is 1.22 bits per heavy atom. The second kappa shape index (κ2) is 15.2. The number of rotatable bonds is 6. The van der Waals surface area contributed by atoms with Crippen molar-refractivity contribution in [2.75, 3.05) is 0 Å². The van der Waals surface area contributed by atoms with E-state index in [0.717, 1.165) is 27.8 Å². The molecular formula is C62H38N2S. The minimum absolute atomic E-state index is 1.08. The SMILES string of the molecule is c1ccc(-c2c3ccccc3c(-c3ccc4c(c3)sc3cccc(-c5c6ccccc6c(-c6cc(-c7cccnc7)cc(-c7cccnc7)c6)c6ccccc56)c34)c3ccccc23)cc1. The Morgan fingerprint density at radius 2 is 0.708 bits per heavy atom. The quantitative estimate of drug-likeness (QED) is 0.156. The summed E-state index contributed by atoms with van der Waals surface area (Å²) in [6.45, 7) is 0. The molecule has 0 aliphatic carbocycles. The van der Waals surface area contributed by atoms with Gasteiger partial charge < -0.3 is 0 Å². The van der Waals surface area contributed by atoms with Gasteiger partial charge >= 0.3 is 0 Å². The van der Waals surface area contributed by atoms with Crippen molar-refractivity contribution in [1.82, 2.24) is 9.97 Å². The van der Waals surface area contributed by atoms with E-state index in [9.17, 15) is 0 Å². The zero-order valence-corrected chi connectivity index (χ0v) is 36.1. The van der Waals surface area contributed by atoms with Gasteiger partial charge in [-0.25, -0.2) is 0 Å². The molecular weight excluding hydrogens is 805 g/mol. The van der Waals surface area contributed by atoms with Crippen LogP contribution in [-0.4, -0.2) is 9.97 Å². The third-order valence-corrected chi connectivity index (χ3v) is 14.3. The van der Waals surface area contributed by atoms with Crippen molar-refractivity contribution in [1.29, 1.82) is 0 Å². The van der Waals surface area contributed by atoms with E-state index < -0.39 is 0 Å². The summed E-state index contributed by atoms with van der Waals surface area (Å²) in [7, 11) is 0. The van der Waals surface area contributed by atoms with Crippen molar-refractivity contribution < 1.29 is 0 Å². The van der Waals surface area contributed by atoms with E-state index in [1.807, 2.05) is 48.3 Å². The number of nitrogens with zero attached hydrogens (tertiary/aromatic N) is 2. The van der Waals surface area contributed by atoms with Crippen molar-refractivity contribution >= 4 is 74.6 Å². The highest BCUT2D eigenvalue weighted by Crippen LogP contribution is 2.50. The van der Waals surface area contributed by atoms with Crippen LogP contribution in [0.15, 0.2) is 231 Å². The molecule has 2 nitrogen and oxygen atoms in total. The van der Waals surface area contributed by atoms with Crippen LogP contribution >= 0.6 is 11.3 Å². The Kier molecular flexibility index (Phi) is 8.75. The molecule has 0 saturated carbocycles. The number of pyridine rings is 2. The van der Waals surface area contributed by atoms with Crippen LogP contribution in [0.3, 0.4) is 0 Å². The molecule has 3 heteroatoms. The monoisotopic (exact) mass is 842 g/mol. The predicted molar refractivity (Wildman–Crippen MR) is 278 cm³/mol. The molecule has 0 spiro atoms. The van der Waals surface area contributed by atoms with Crippen LogP contribution in [0.1, 0.15) is 0 Å². The number of aromatic nitrogens is 2. The fraction of sp³-hybridized carbons (Fsp3) is 0. The van der Waals surface area contributed by atoms with Gasteiger partial charge in [-0.3, -0.25) is 9.97 Å². The summed E-state index contributed by atoms with van der Waals surface area (Å²) in [5.41, 5.74) is 14.3. The minimum atomic E-state index is 1.08. The van der Waals surface area contributed by atoms with Crippen LogP contribution in [0.5, 0.6) is 0 Å². The molecule has 13 rings (SSSR count). The summed E-state index contributed by atoms with van der Waals surface area (Å²) in [5.74, 6) is 0. The molecule has 0 saturated heterocycles. The maximum absolute atomic E-state index is 4.50. The zero-order chi connectivity index (χ0) is 42.8. The number of hydrogen-bond acceptors (Lipinski definition) is 3. The lowest BCUT2D eigenvalue weighted by Gasteiger charge is -2.19. The lowest BCUT2D eigenvalue weighted by molar-refractivity contribution is 1.32. The van der Waals surface area contributed by atoms with E-state index in [0.29, 0.717) is 0 Å². The first kappa shape index (κ1) is 37.3. The highest BCUT2D eigenvalue weighted by atomic mass is 32.1. The summed E-state index contributed by atoms with van der Waals surface area (Å²) >= 11 is 1.89. The van der Waals surface area contributed by atoms with Crippen LogP contribution in [0.25, 0.3) is 130 Å². The summed E-state index contributed by atoms with van der Waals surface area (Å²) in [6, 6.07) is 75.9. The molecule has 0 atom stereocenters. The van der Waals surface area contributed by atoms with Gasteiger partial charge in [-0.15, -0.1) is 11.3 Å². The Bertz CT molecular complexity index is 3810. The van der Waals surface area contributed by atoms with Crippen LogP contribution in [0.2, 0.25) is 0 Å². The minimum Gasteiger partial charge on any atom is -0.264 e. The van der Waals surface area contributed by atoms with Crippen LogP contribution in [0.4, 0.5) is 0 Å². The van der Waals surface area contributed by atoms with Crippen molar-refractivity contribution in [3.63, 3.8) is 0 Å².